The maximum atomic E-state index is 12.0. The Morgan fingerprint density at radius 1 is 1.24 bits per heavy atom. The average molecular weight is 325 g/mol. The minimum Gasteiger partial charge on any atom is -0.320 e. The molecule has 1 aromatic heterocycles. The number of carbonyl (C=O) groups is 1. The van der Waals surface area contributed by atoms with Crippen molar-refractivity contribution in [3.63, 3.8) is 0 Å². The first kappa shape index (κ1) is 15.7. The summed E-state index contributed by atoms with van der Waals surface area (Å²) in [6.45, 7) is 0. The zero-order valence-electron chi connectivity index (χ0n) is 11.1. The molecule has 0 spiro atoms. The minimum absolute atomic E-state index is 0.0318. The number of nitrogens with two attached hydrogens (primary N) is 1. The highest BCUT2D eigenvalue weighted by atomic mass is 35.5. The van der Waals surface area contributed by atoms with Crippen LogP contribution < -0.4 is 11.1 Å². The summed E-state index contributed by atoms with van der Waals surface area (Å²) in [5, 5.41) is 2.70. The molecule has 5 nitrogen and oxygen atoms in total. The predicted octanol–water partition coefficient (Wildman–Crippen LogP) is 2.68. The van der Waals surface area contributed by atoms with Crippen LogP contribution in [0, 0.1) is 0 Å². The van der Waals surface area contributed by atoms with Gasteiger partial charge >= 0.3 is 0 Å². The molecule has 2 aromatic rings. The number of hydrogen-bond acceptors (Lipinski definition) is 4. The number of amides is 1. The molecule has 0 bridgehead atoms. The fourth-order valence-electron chi connectivity index (χ4n) is 1.77. The highest BCUT2D eigenvalue weighted by Gasteiger charge is 2.15. The summed E-state index contributed by atoms with van der Waals surface area (Å²) >= 11 is 11.4. The Morgan fingerprint density at radius 2 is 1.95 bits per heavy atom. The predicted molar refractivity (Wildman–Crippen MR) is 83.4 cm³/mol. The average Bonchev–Trinajstić information content (AvgIpc) is 2.44. The topological polar surface area (TPSA) is 80.9 Å². The van der Waals surface area contributed by atoms with Gasteiger partial charge in [0.25, 0.3) is 0 Å². The van der Waals surface area contributed by atoms with E-state index in [1.807, 2.05) is 30.3 Å². The van der Waals surface area contributed by atoms with Crippen LogP contribution in [0.5, 0.6) is 0 Å². The molecule has 0 saturated carbocycles. The number of nitrogens with zero attached hydrogens (tertiary/aromatic N) is 2. The van der Waals surface area contributed by atoms with Gasteiger partial charge in [-0.15, -0.1) is 0 Å². The molecule has 0 aliphatic heterocycles. The van der Waals surface area contributed by atoms with E-state index in [0.717, 1.165) is 12.0 Å². The number of rotatable bonds is 5. The molecule has 7 heteroatoms. The van der Waals surface area contributed by atoms with Crippen molar-refractivity contribution in [2.45, 2.75) is 18.9 Å². The molecule has 3 N–H and O–H groups in total. The first-order valence-electron chi connectivity index (χ1n) is 6.35. The molecule has 0 aliphatic carbocycles. The second-order valence-electron chi connectivity index (χ2n) is 4.46. The number of benzene rings is 1. The van der Waals surface area contributed by atoms with Crippen molar-refractivity contribution in [3.8, 4) is 0 Å². The molecular weight excluding hydrogens is 311 g/mol. The fraction of sp³-hybridized carbons (Fsp3) is 0.214. The largest absolute Gasteiger partial charge is 0.320 e. The maximum absolute atomic E-state index is 12.0. The van der Waals surface area contributed by atoms with Crippen molar-refractivity contribution >= 4 is 34.9 Å². The summed E-state index contributed by atoms with van der Waals surface area (Å²) in [7, 11) is 0. The van der Waals surface area contributed by atoms with Crippen molar-refractivity contribution in [2.24, 2.45) is 5.73 Å². The summed E-state index contributed by atoms with van der Waals surface area (Å²) in [6, 6.07) is 10.6. The van der Waals surface area contributed by atoms with Gasteiger partial charge in [0.05, 0.1) is 6.04 Å². The van der Waals surface area contributed by atoms with Gasteiger partial charge in [-0.2, -0.15) is 0 Å². The van der Waals surface area contributed by atoms with Crippen LogP contribution in [0.4, 0.5) is 5.82 Å². The van der Waals surface area contributed by atoms with Crippen molar-refractivity contribution in [1.82, 2.24) is 9.97 Å². The van der Waals surface area contributed by atoms with Gasteiger partial charge in [-0.3, -0.25) is 4.79 Å². The van der Waals surface area contributed by atoms with E-state index >= 15 is 0 Å². The Balaban J connectivity index is 1.90. The van der Waals surface area contributed by atoms with E-state index in [0.29, 0.717) is 6.42 Å². The number of halogens is 2. The van der Waals surface area contributed by atoms with Crippen molar-refractivity contribution in [2.75, 3.05) is 5.32 Å². The summed E-state index contributed by atoms with van der Waals surface area (Å²) in [5.74, 6) is -0.100. The summed E-state index contributed by atoms with van der Waals surface area (Å²) in [4.78, 5) is 19.5. The summed E-state index contributed by atoms with van der Waals surface area (Å²) < 4.78 is 0. The van der Waals surface area contributed by atoms with Crippen molar-refractivity contribution < 1.29 is 4.79 Å². The van der Waals surface area contributed by atoms with E-state index < -0.39 is 6.04 Å². The second-order valence-corrected chi connectivity index (χ2v) is 5.19. The number of aromatic nitrogens is 2. The van der Waals surface area contributed by atoms with Gasteiger partial charge < -0.3 is 11.1 Å². The molecule has 0 saturated heterocycles. The SMILES string of the molecule is N[C@@H](CCc1ccccc1)C(=O)Nc1cc(Cl)nc(Cl)n1. The van der Waals surface area contributed by atoms with E-state index in [2.05, 4.69) is 15.3 Å². The van der Waals surface area contributed by atoms with Crippen LogP contribution in [-0.2, 0) is 11.2 Å². The monoisotopic (exact) mass is 324 g/mol. The van der Waals surface area contributed by atoms with Crippen LogP contribution in [0.2, 0.25) is 10.4 Å². The zero-order valence-corrected chi connectivity index (χ0v) is 12.6. The number of anilines is 1. The molecule has 2 rings (SSSR count). The summed E-state index contributed by atoms with van der Waals surface area (Å²) in [6.07, 6.45) is 1.25. The van der Waals surface area contributed by atoms with Gasteiger partial charge in [-0.25, -0.2) is 9.97 Å². The van der Waals surface area contributed by atoms with Crippen LogP contribution in [0.15, 0.2) is 36.4 Å². The lowest BCUT2D eigenvalue weighted by atomic mass is 10.1. The van der Waals surface area contributed by atoms with Crippen LogP contribution >= 0.6 is 23.2 Å². The third-order valence-corrected chi connectivity index (χ3v) is 3.21. The van der Waals surface area contributed by atoms with Gasteiger partial charge in [0.15, 0.2) is 0 Å². The minimum atomic E-state index is -0.641. The van der Waals surface area contributed by atoms with E-state index in [-0.39, 0.29) is 22.2 Å². The molecule has 0 aliphatic rings. The highest BCUT2D eigenvalue weighted by Crippen LogP contribution is 2.14. The third-order valence-electron chi connectivity index (χ3n) is 2.84. The van der Waals surface area contributed by atoms with E-state index in [9.17, 15) is 4.79 Å². The van der Waals surface area contributed by atoms with Crippen LogP contribution in [0.1, 0.15) is 12.0 Å². The van der Waals surface area contributed by atoms with Crippen LogP contribution in [0.25, 0.3) is 0 Å². The quantitative estimate of drug-likeness (QED) is 0.654. The first-order chi connectivity index (χ1) is 10.0. The van der Waals surface area contributed by atoms with E-state index in [1.165, 1.54) is 6.07 Å². The van der Waals surface area contributed by atoms with Gasteiger partial charge in [0.2, 0.25) is 11.2 Å². The molecule has 0 unspecified atom stereocenters. The lowest BCUT2D eigenvalue weighted by Gasteiger charge is -2.12. The number of carbonyl (C=O) groups excluding carboxylic acids is 1. The van der Waals surface area contributed by atoms with Gasteiger partial charge in [-0.05, 0) is 30.0 Å². The van der Waals surface area contributed by atoms with E-state index in [1.54, 1.807) is 0 Å². The standard InChI is InChI=1S/C14H14Cl2N4O/c15-11-8-12(20-14(16)18-11)19-13(21)10(17)7-6-9-4-2-1-3-5-9/h1-5,8,10H,6-7,17H2,(H,18,19,20,21)/t10-/m0/s1. The molecule has 1 heterocycles. The van der Waals surface area contributed by atoms with Gasteiger partial charge in [0.1, 0.15) is 11.0 Å². The normalized spacial score (nSPS) is 12.0. The second kappa shape index (κ2) is 7.36. The Hall–Kier alpha value is -1.69. The first-order valence-corrected chi connectivity index (χ1v) is 7.10. The molecular formula is C14H14Cl2N4O. The van der Waals surface area contributed by atoms with E-state index in [4.69, 9.17) is 28.9 Å². The molecule has 1 aromatic carbocycles. The Kier molecular flexibility index (Phi) is 5.50. The maximum Gasteiger partial charge on any atom is 0.242 e. The van der Waals surface area contributed by atoms with Crippen molar-refractivity contribution in [3.05, 3.63) is 52.4 Å². The smallest absolute Gasteiger partial charge is 0.242 e. The number of hydrogen-bond donors (Lipinski definition) is 2. The lowest BCUT2D eigenvalue weighted by molar-refractivity contribution is -0.117. The number of aryl methyl sites for hydroxylation is 1. The lowest BCUT2D eigenvalue weighted by Crippen LogP contribution is -2.36. The highest BCUT2D eigenvalue weighted by molar-refractivity contribution is 6.32. The van der Waals surface area contributed by atoms with Gasteiger partial charge in [0, 0.05) is 6.07 Å². The van der Waals surface area contributed by atoms with Crippen LogP contribution in [-0.4, -0.2) is 21.9 Å². The molecule has 1 atom stereocenters. The number of nitrogens with one attached hydrogen (secondary N) is 1. The molecule has 0 radical (unpaired) electrons. The Labute approximate surface area is 132 Å². The summed E-state index contributed by atoms with van der Waals surface area (Å²) in [5.41, 5.74) is 7.00. The molecule has 110 valence electrons. The third kappa shape index (κ3) is 4.97. The molecule has 0 fully saturated rings. The Morgan fingerprint density at radius 3 is 2.62 bits per heavy atom. The van der Waals surface area contributed by atoms with Crippen LogP contribution in [0.3, 0.4) is 0 Å². The van der Waals surface area contributed by atoms with Gasteiger partial charge in [-0.1, -0.05) is 41.9 Å². The Bertz CT molecular complexity index is 601. The molecule has 21 heavy (non-hydrogen) atoms. The molecule has 1 amide bonds. The fourth-order valence-corrected chi connectivity index (χ4v) is 2.18. The zero-order chi connectivity index (χ0) is 15.2. The van der Waals surface area contributed by atoms with Crippen molar-refractivity contribution in [1.29, 1.82) is 0 Å².